The molecular weight excluding hydrogens is 288 g/mol. The summed E-state index contributed by atoms with van der Waals surface area (Å²) in [5.74, 6) is 0.0630. The van der Waals surface area contributed by atoms with E-state index in [9.17, 15) is 13.2 Å². The molecule has 0 fully saturated rings. The van der Waals surface area contributed by atoms with Gasteiger partial charge in [-0.05, 0) is 30.0 Å². The van der Waals surface area contributed by atoms with Gasteiger partial charge in [0.25, 0.3) is 0 Å². The summed E-state index contributed by atoms with van der Waals surface area (Å²) in [6.45, 7) is 4.20. The van der Waals surface area contributed by atoms with E-state index in [2.05, 4.69) is 13.8 Å². The average molecular weight is 312 g/mol. The second-order valence-corrected chi connectivity index (χ2v) is 7.93. The van der Waals surface area contributed by atoms with Crippen LogP contribution in [0, 0.1) is 0 Å². The van der Waals surface area contributed by atoms with Gasteiger partial charge in [-0.25, -0.2) is 8.42 Å². The normalized spacial score (nSPS) is 13.2. The minimum Gasteiger partial charge on any atom is -0.320 e. The van der Waals surface area contributed by atoms with Crippen LogP contribution in [0.2, 0.25) is 0 Å². The molecule has 1 rings (SSSR count). The number of hydrogen-bond donors (Lipinski definition) is 1. The van der Waals surface area contributed by atoms with Gasteiger partial charge in [-0.2, -0.15) is 0 Å². The number of sulfone groups is 1. The fourth-order valence-electron chi connectivity index (χ4n) is 1.92. The molecule has 1 aromatic carbocycles. The molecule has 5 nitrogen and oxygen atoms in total. The number of carbonyl (C=O) groups excluding carboxylic acids is 1. The number of hydrogen-bond acceptors (Lipinski definition) is 4. The van der Waals surface area contributed by atoms with Crippen molar-refractivity contribution in [2.75, 3.05) is 24.0 Å². The molecule has 0 aliphatic heterocycles. The Kier molecular flexibility index (Phi) is 5.92. The van der Waals surface area contributed by atoms with E-state index in [1.807, 2.05) is 24.3 Å². The van der Waals surface area contributed by atoms with Crippen molar-refractivity contribution in [1.82, 2.24) is 0 Å². The minimum atomic E-state index is -3.11. The first kappa shape index (κ1) is 17.7. The van der Waals surface area contributed by atoms with Crippen LogP contribution in [0.3, 0.4) is 0 Å². The lowest BCUT2D eigenvalue weighted by molar-refractivity contribution is -0.119. The van der Waals surface area contributed by atoms with Crippen molar-refractivity contribution in [3.05, 3.63) is 29.8 Å². The van der Waals surface area contributed by atoms with Crippen LogP contribution in [0.25, 0.3) is 0 Å². The first-order valence-electron chi connectivity index (χ1n) is 6.92. The highest BCUT2D eigenvalue weighted by Crippen LogP contribution is 2.19. The number of rotatable bonds is 6. The van der Waals surface area contributed by atoms with Gasteiger partial charge in [0.1, 0.15) is 9.84 Å². The van der Waals surface area contributed by atoms with Crippen molar-refractivity contribution < 1.29 is 13.2 Å². The summed E-state index contributed by atoms with van der Waals surface area (Å²) in [4.78, 5) is 13.7. The lowest BCUT2D eigenvalue weighted by Gasteiger charge is -2.21. The fourth-order valence-corrected chi connectivity index (χ4v) is 2.61. The molecule has 0 aromatic heterocycles. The van der Waals surface area contributed by atoms with Gasteiger partial charge in [0.05, 0.1) is 11.8 Å². The molecule has 118 valence electrons. The number of likely N-dealkylation sites (N-methyl/N-ethyl adjacent to an activating group) is 1. The van der Waals surface area contributed by atoms with E-state index in [1.54, 1.807) is 7.05 Å². The van der Waals surface area contributed by atoms with Gasteiger partial charge in [-0.1, -0.05) is 26.0 Å². The Morgan fingerprint density at radius 3 is 2.19 bits per heavy atom. The van der Waals surface area contributed by atoms with Crippen molar-refractivity contribution in [1.29, 1.82) is 0 Å². The van der Waals surface area contributed by atoms with Crippen LogP contribution in [0.4, 0.5) is 5.69 Å². The summed E-state index contributed by atoms with van der Waals surface area (Å²) in [6.07, 6.45) is 1.27. The number of anilines is 1. The third-order valence-corrected chi connectivity index (χ3v) is 4.37. The summed E-state index contributed by atoms with van der Waals surface area (Å²) in [5, 5.41) is 0. The standard InChI is InChI=1S/C15H24N2O3S/c1-11(2)12-5-7-13(8-6-12)17(3)15(18)14(16)9-10-21(4,19)20/h5-8,11,14H,9-10,16H2,1-4H3. The van der Waals surface area contributed by atoms with Crippen LogP contribution >= 0.6 is 0 Å². The Morgan fingerprint density at radius 2 is 1.76 bits per heavy atom. The summed E-state index contributed by atoms with van der Waals surface area (Å²) >= 11 is 0. The number of amides is 1. The maximum Gasteiger partial charge on any atom is 0.243 e. The second-order valence-electron chi connectivity index (χ2n) is 5.67. The van der Waals surface area contributed by atoms with Crippen LogP contribution in [-0.2, 0) is 14.6 Å². The van der Waals surface area contributed by atoms with E-state index in [-0.39, 0.29) is 18.1 Å². The monoisotopic (exact) mass is 312 g/mol. The molecule has 6 heteroatoms. The summed E-state index contributed by atoms with van der Waals surface area (Å²) in [7, 11) is -1.46. The van der Waals surface area contributed by atoms with Gasteiger partial charge >= 0.3 is 0 Å². The highest BCUT2D eigenvalue weighted by molar-refractivity contribution is 7.90. The van der Waals surface area contributed by atoms with Crippen LogP contribution in [0.1, 0.15) is 31.7 Å². The Balaban J connectivity index is 2.73. The smallest absolute Gasteiger partial charge is 0.243 e. The number of nitrogens with two attached hydrogens (primary N) is 1. The molecular formula is C15H24N2O3S. The molecule has 2 N–H and O–H groups in total. The zero-order valence-corrected chi connectivity index (χ0v) is 13.9. The van der Waals surface area contributed by atoms with E-state index in [4.69, 9.17) is 5.73 Å². The molecule has 0 radical (unpaired) electrons. The SMILES string of the molecule is CC(C)c1ccc(N(C)C(=O)C(N)CCS(C)(=O)=O)cc1. The van der Waals surface area contributed by atoms with Crippen LogP contribution < -0.4 is 10.6 Å². The van der Waals surface area contributed by atoms with E-state index < -0.39 is 15.9 Å². The predicted octanol–water partition coefficient (Wildman–Crippen LogP) is 1.53. The molecule has 0 saturated carbocycles. The van der Waals surface area contributed by atoms with Crippen LogP contribution in [0.5, 0.6) is 0 Å². The molecule has 0 bridgehead atoms. The molecule has 0 spiro atoms. The first-order chi connectivity index (χ1) is 9.61. The lowest BCUT2D eigenvalue weighted by Crippen LogP contribution is -2.42. The van der Waals surface area contributed by atoms with Gasteiger partial charge in [0.2, 0.25) is 5.91 Å². The van der Waals surface area contributed by atoms with Gasteiger partial charge in [-0.3, -0.25) is 4.79 Å². The minimum absolute atomic E-state index is 0.0833. The summed E-state index contributed by atoms with van der Waals surface area (Å²) < 4.78 is 22.2. The molecule has 1 unspecified atom stereocenters. The molecule has 1 atom stereocenters. The van der Waals surface area contributed by atoms with Gasteiger partial charge in [0, 0.05) is 19.0 Å². The van der Waals surface area contributed by atoms with E-state index in [0.29, 0.717) is 5.92 Å². The molecule has 0 saturated heterocycles. The number of benzene rings is 1. The molecule has 0 aliphatic rings. The van der Waals surface area contributed by atoms with E-state index in [1.165, 1.54) is 10.5 Å². The predicted molar refractivity (Wildman–Crippen MR) is 86.2 cm³/mol. The van der Waals surface area contributed by atoms with Crippen molar-refractivity contribution in [2.45, 2.75) is 32.2 Å². The molecule has 0 heterocycles. The fraction of sp³-hybridized carbons (Fsp3) is 0.533. The van der Waals surface area contributed by atoms with Gasteiger partial charge in [-0.15, -0.1) is 0 Å². The summed E-state index contributed by atoms with van der Waals surface area (Å²) in [5.41, 5.74) is 7.73. The highest BCUT2D eigenvalue weighted by atomic mass is 32.2. The van der Waals surface area contributed by atoms with E-state index >= 15 is 0 Å². The van der Waals surface area contributed by atoms with Gasteiger partial charge in [0.15, 0.2) is 0 Å². The summed E-state index contributed by atoms with van der Waals surface area (Å²) in [6, 6.07) is 6.89. The Labute approximate surface area is 127 Å². The largest absolute Gasteiger partial charge is 0.320 e. The quantitative estimate of drug-likeness (QED) is 0.864. The van der Waals surface area contributed by atoms with Crippen molar-refractivity contribution in [2.24, 2.45) is 5.73 Å². The zero-order valence-electron chi connectivity index (χ0n) is 13.0. The van der Waals surface area contributed by atoms with Crippen molar-refractivity contribution >= 4 is 21.4 Å². The van der Waals surface area contributed by atoms with Crippen molar-refractivity contribution in [3.63, 3.8) is 0 Å². The molecule has 0 aliphatic carbocycles. The first-order valence-corrected chi connectivity index (χ1v) is 8.98. The number of carbonyl (C=O) groups is 1. The van der Waals surface area contributed by atoms with Crippen LogP contribution in [-0.4, -0.2) is 39.4 Å². The Morgan fingerprint density at radius 1 is 1.24 bits per heavy atom. The second kappa shape index (κ2) is 7.04. The lowest BCUT2D eigenvalue weighted by atomic mass is 10.0. The zero-order chi connectivity index (χ0) is 16.2. The van der Waals surface area contributed by atoms with Crippen LogP contribution in [0.15, 0.2) is 24.3 Å². The third-order valence-electron chi connectivity index (χ3n) is 3.39. The third kappa shape index (κ3) is 5.47. The highest BCUT2D eigenvalue weighted by Gasteiger charge is 2.20. The molecule has 21 heavy (non-hydrogen) atoms. The maximum atomic E-state index is 12.2. The van der Waals surface area contributed by atoms with Crippen molar-refractivity contribution in [3.8, 4) is 0 Å². The Bertz CT molecular complexity index is 579. The van der Waals surface area contributed by atoms with E-state index in [0.717, 1.165) is 11.9 Å². The topological polar surface area (TPSA) is 80.5 Å². The average Bonchev–Trinajstić information content (AvgIpc) is 2.42. The number of nitrogens with zero attached hydrogens (tertiary/aromatic N) is 1. The maximum absolute atomic E-state index is 12.2. The van der Waals surface area contributed by atoms with Gasteiger partial charge < -0.3 is 10.6 Å². The molecule has 1 amide bonds. The Hall–Kier alpha value is -1.40. The molecule has 1 aromatic rings.